The second-order valence-corrected chi connectivity index (χ2v) is 6.06. The van der Waals surface area contributed by atoms with Gasteiger partial charge in [-0.1, -0.05) is 22.0 Å². The Morgan fingerprint density at radius 3 is 2.90 bits per heavy atom. The van der Waals surface area contributed by atoms with Gasteiger partial charge in [0.25, 0.3) is 0 Å². The molecule has 1 aliphatic carbocycles. The Bertz CT molecular complexity index is 486. The lowest BCUT2D eigenvalue weighted by molar-refractivity contribution is 0.409. The maximum absolute atomic E-state index is 5.96. The molecule has 2 N–H and O–H groups in total. The van der Waals surface area contributed by atoms with Crippen LogP contribution in [0.15, 0.2) is 27.7 Å². The first-order chi connectivity index (χ1) is 9.61. The van der Waals surface area contributed by atoms with Crippen molar-refractivity contribution in [3.8, 4) is 5.75 Å². The van der Waals surface area contributed by atoms with Crippen LogP contribution in [0.2, 0.25) is 0 Å². The van der Waals surface area contributed by atoms with Crippen LogP contribution in [-0.4, -0.2) is 37.6 Å². The van der Waals surface area contributed by atoms with Crippen molar-refractivity contribution in [3.63, 3.8) is 0 Å². The first kappa shape index (κ1) is 15.2. The van der Waals surface area contributed by atoms with Crippen LogP contribution in [-0.2, 0) is 6.42 Å². The molecule has 4 nitrogen and oxygen atoms in total. The molecular weight excluding hydrogens is 318 g/mol. The zero-order valence-electron chi connectivity index (χ0n) is 12.1. The van der Waals surface area contributed by atoms with Gasteiger partial charge in [0, 0.05) is 24.1 Å². The fourth-order valence-corrected chi connectivity index (χ4v) is 2.49. The predicted octanol–water partition coefficient (Wildman–Crippen LogP) is 2.80. The van der Waals surface area contributed by atoms with Gasteiger partial charge in [-0.15, -0.1) is 0 Å². The largest absolute Gasteiger partial charge is 0.496 e. The number of methoxy groups -OCH3 is 1. The first-order valence-electron chi connectivity index (χ1n) is 6.97. The van der Waals surface area contributed by atoms with Crippen LogP contribution in [0.3, 0.4) is 0 Å². The second kappa shape index (κ2) is 6.97. The first-order valence-corrected chi connectivity index (χ1v) is 7.76. The highest BCUT2D eigenvalue weighted by atomic mass is 79.9. The third-order valence-corrected chi connectivity index (χ3v) is 4.08. The Morgan fingerprint density at radius 1 is 1.50 bits per heavy atom. The molecule has 0 heterocycles. The Kier molecular flexibility index (Phi) is 5.29. The van der Waals surface area contributed by atoms with E-state index in [4.69, 9.17) is 10.5 Å². The summed E-state index contributed by atoms with van der Waals surface area (Å²) in [6.07, 6.45) is 4.39. The SMILES string of the molecule is COc1cc(Br)ccc1CCCN=C(N)N(C)C1CC1. The number of benzene rings is 1. The minimum atomic E-state index is 0.616. The number of aryl methyl sites for hydroxylation is 1. The number of halogens is 1. The zero-order chi connectivity index (χ0) is 14.5. The van der Waals surface area contributed by atoms with Gasteiger partial charge in [0.2, 0.25) is 0 Å². The number of aliphatic imine (C=N–C) groups is 1. The number of nitrogens with zero attached hydrogens (tertiary/aromatic N) is 2. The van der Waals surface area contributed by atoms with Crippen LogP contribution in [0, 0.1) is 0 Å². The Labute approximate surface area is 129 Å². The summed E-state index contributed by atoms with van der Waals surface area (Å²) in [7, 11) is 3.72. The Morgan fingerprint density at radius 2 is 2.25 bits per heavy atom. The second-order valence-electron chi connectivity index (χ2n) is 5.14. The van der Waals surface area contributed by atoms with E-state index in [0.717, 1.165) is 29.6 Å². The fraction of sp³-hybridized carbons (Fsp3) is 0.533. The van der Waals surface area contributed by atoms with E-state index in [2.05, 4.69) is 31.9 Å². The summed E-state index contributed by atoms with van der Waals surface area (Å²) in [5.41, 5.74) is 7.17. The summed E-state index contributed by atoms with van der Waals surface area (Å²) in [6.45, 7) is 0.752. The molecule has 1 aromatic rings. The van der Waals surface area contributed by atoms with Crippen LogP contribution in [0.1, 0.15) is 24.8 Å². The molecule has 1 aliphatic rings. The molecule has 1 aromatic carbocycles. The minimum absolute atomic E-state index is 0.616. The predicted molar refractivity (Wildman–Crippen MR) is 86.3 cm³/mol. The van der Waals surface area contributed by atoms with Gasteiger partial charge in [0.15, 0.2) is 5.96 Å². The monoisotopic (exact) mass is 339 g/mol. The highest BCUT2D eigenvalue weighted by Gasteiger charge is 2.27. The smallest absolute Gasteiger partial charge is 0.191 e. The zero-order valence-corrected chi connectivity index (χ0v) is 13.7. The van der Waals surface area contributed by atoms with Gasteiger partial charge in [-0.25, -0.2) is 0 Å². The summed E-state index contributed by atoms with van der Waals surface area (Å²) in [4.78, 5) is 6.53. The summed E-state index contributed by atoms with van der Waals surface area (Å²) in [6, 6.07) is 6.74. The molecule has 0 spiro atoms. The van der Waals surface area contributed by atoms with Gasteiger partial charge < -0.3 is 15.4 Å². The highest BCUT2D eigenvalue weighted by Crippen LogP contribution is 2.25. The van der Waals surface area contributed by atoms with Crippen molar-refractivity contribution in [2.45, 2.75) is 31.7 Å². The molecule has 110 valence electrons. The lowest BCUT2D eigenvalue weighted by Crippen LogP contribution is -2.35. The van der Waals surface area contributed by atoms with E-state index < -0.39 is 0 Å². The summed E-state index contributed by atoms with van der Waals surface area (Å²) >= 11 is 3.45. The maximum Gasteiger partial charge on any atom is 0.191 e. The molecule has 2 rings (SSSR count). The molecule has 0 bridgehead atoms. The molecular formula is C15H22BrN3O. The standard InChI is InChI=1S/C15H22BrN3O/c1-19(13-7-8-13)15(17)18-9-3-4-11-5-6-12(16)10-14(11)20-2/h5-6,10,13H,3-4,7-9H2,1-2H3,(H2,17,18). The van der Waals surface area contributed by atoms with Crippen LogP contribution in [0.5, 0.6) is 5.75 Å². The van der Waals surface area contributed by atoms with Gasteiger partial charge in [0.1, 0.15) is 5.75 Å². The molecule has 1 saturated carbocycles. The van der Waals surface area contributed by atoms with Crippen LogP contribution in [0.25, 0.3) is 0 Å². The normalized spacial score (nSPS) is 15.2. The van der Waals surface area contributed by atoms with Gasteiger partial charge in [-0.2, -0.15) is 0 Å². The van der Waals surface area contributed by atoms with E-state index in [1.807, 2.05) is 19.2 Å². The molecule has 0 aromatic heterocycles. The van der Waals surface area contributed by atoms with Crippen molar-refractivity contribution in [1.29, 1.82) is 0 Å². The van der Waals surface area contributed by atoms with Gasteiger partial charge >= 0.3 is 0 Å². The van der Waals surface area contributed by atoms with Crippen molar-refractivity contribution < 1.29 is 4.74 Å². The van der Waals surface area contributed by atoms with Crippen molar-refractivity contribution in [1.82, 2.24) is 4.90 Å². The van der Waals surface area contributed by atoms with Gasteiger partial charge in [-0.05, 0) is 43.4 Å². The average Bonchev–Trinajstić information content (AvgIpc) is 3.28. The van der Waals surface area contributed by atoms with E-state index in [-0.39, 0.29) is 0 Å². The van der Waals surface area contributed by atoms with Crippen molar-refractivity contribution in [2.24, 2.45) is 10.7 Å². The number of rotatable bonds is 6. The average molecular weight is 340 g/mol. The van der Waals surface area contributed by atoms with Gasteiger partial charge in [-0.3, -0.25) is 4.99 Å². The molecule has 0 radical (unpaired) electrons. The third kappa shape index (κ3) is 4.13. The summed E-state index contributed by atoms with van der Waals surface area (Å²) in [5.74, 6) is 1.58. The van der Waals surface area contributed by atoms with Crippen LogP contribution >= 0.6 is 15.9 Å². The quantitative estimate of drug-likeness (QED) is 0.492. The molecule has 0 amide bonds. The third-order valence-electron chi connectivity index (χ3n) is 3.58. The lowest BCUT2D eigenvalue weighted by Gasteiger charge is -2.16. The molecule has 0 aliphatic heterocycles. The number of guanidine groups is 1. The molecule has 1 fully saturated rings. The van der Waals surface area contributed by atoms with Crippen molar-refractivity contribution in [3.05, 3.63) is 28.2 Å². The molecule has 5 heteroatoms. The topological polar surface area (TPSA) is 50.9 Å². The fourth-order valence-electron chi connectivity index (χ4n) is 2.15. The van der Waals surface area contributed by atoms with Crippen molar-refractivity contribution >= 4 is 21.9 Å². The lowest BCUT2D eigenvalue weighted by atomic mass is 10.1. The van der Waals surface area contributed by atoms with Crippen LogP contribution < -0.4 is 10.5 Å². The highest BCUT2D eigenvalue weighted by molar-refractivity contribution is 9.10. The Hall–Kier alpha value is -1.23. The maximum atomic E-state index is 5.96. The van der Waals surface area contributed by atoms with E-state index >= 15 is 0 Å². The van der Waals surface area contributed by atoms with E-state index in [1.165, 1.54) is 18.4 Å². The van der Waals surface area contributed by atoms with Gasteiger partial charge in [0.05, 0.1) is 7.11 Å². The number of hydrogen-bond donors (Lipinski definition) is 1. The Balaban J connectivity index is 1.82. The van der Waals surface area contributed by atoms with Crippen LogP contribution in [0.4, 0.5) is 0 Å². The molecule has 0 atom stereocenters. The van der Waals surface area contributed by atoms with E-state index in [9.17, 15) is 0 Å². The van der Waals surface area contributed by atoms with E-state index in [0.29, 0.717) is 12.0 Å². The minimum Gasteiger partial charge on any atom is -0.496 e. The number of ether oxygens (including phenoxy) is 1. The molecule has 0 saturated heterocycles. The number of hydrogen-bond acceptors (Lipinski definition) is 2. The molecule has 20 heavy (non-hydrogen) atoms. The summed E-state index contributed by atoms with van der Waals surface area (Å²) in [5, 5.41) is 0. The van der Waals surface area contributed by atoms with Crippen molar-refractivity contribution in [2.75, 3.05) is 20.7 Å². The number of nitrogens with two attached hydrogens (primary N) is 1. The summed E-state index contributed by atoms with van der Waals surface area (Å²) < 4.78 is 6.42. The van der Waals surface area contributed by atoms with E-state index in [1.54, 1.807) is 7.11 Å². The molecule has 0 unspecified atom stereocenters.